The highest BCUT2D eigenvalue weighted by Gasteiger charge is 2.31. The van der Waals surface area contributed by atoms with E-state index in [0.29, 0.717) is 12.8 Å². The predicted octanol–water partition coefficient (Wildman–Crippen LogP) is 2.42. The number of amides is 1. The number of nitrogens with one attached hydrogen (secondary N) is 1. The molecule has 1 aliphatic carbocycles. The van der Waals surface area contributed by atoms with Crippen LogP contribution in [0.15, 0.2) is 30.3 Å². The molecular weight excluding hydrogens is 306 g/mol. The van der Waals surface area contributed by atoms with Crippen molar-refractivity contribution in [1.82, 2.24) is 5.32 Å². The largest absolute Gasteiger partial charge is 0.453 e. The fourth-order valence-corrected chi connectivity index (χ4v) is 2.79. The number of carbonyl (C=O) groups excluding carboxylic acids is 3. The van der Waals surface area contributed by atoms with Crippen LogP contribution in [0.5, 0.6) is 0 Å². The maximum atomic E-state index is 12.4. The first-order valence-electron chi connectivity index (χ1n) is 8.54. The fraction of sp³-hybridized carbons (Fsp3) is 0.526. The molecule has 2 rings (SSSR count). The second kappa shape index (κ2) is 8.62. The Morgan fingerprint density at radius 1 is 1.21 bits per heavy atom. The van der Waals surface area contributed by atoms with E-state index in [9.17, 15) is 14.4 Å². The van der Waals surface area contributed by atoms with Gasteiger partial charge in [0.2, 0.25) is 5.91 Å². The molecule has 0 spiro atoms. The zero-order valence-electron chi connectivity index (χ0n) is 14.3. The molecule has 1 saturated carbocycles. The molecule has 1 aromatic rings. The van der Waals surface area contributed by atoms with Crippen LogP contribution in [0.2, 0.25) is 0 Å². The van der Waals surface area contributed by atoms with Crippen molar-refractivity contribution in [2.24, 2.45) is 5.92 Å². The molecule has 1 N–H and O–H groups in total. The molecule has 0 saturated heterocycles. The quantitative estimate of drug-likeness (QED) is 0.813. The number of benzene rings is 1. The maximum absolute atomic E-state index is 12.4. The molecule has 1 fully saturated rings. The monoisotopic (exact) mass is 331 g/mol. The van der Waals surface area contributed by atoms with E-state index in [2.05, 4.69) is 5.32 Å². The minimum Gasteiger partial charge on any atom is -0.453 e. The first-order chi connectivity index (χ1) is 11.5. The molecule has 0 unspecified atom stereocenters. The zero-order chi connectivity index (χ0) is 17.5. The summed E-state index contributed by atoms with van der Waals surface area (Å²) in [5.41, 5.74) is 0.883. The molecule has 0 radical (unpaired) electrons. The molecule has 0 aliphatic heterocycles. The number of ketones is 1. The van der Waals surface area contributed by atoms with E-state index in [1.807, 2.05) is 44.2 Å². The molecule has 0 bridgehead atoms. The molecule has 2 atom stereocenters. The van der Waals surface area contributed by atoms with Crippen molar-refractivity contribution in [2.75, 3.05) is 0 Å². The highest BCUT2D eigenvalue weighted by atomic mass is 16.5. The van der Waals surface area contributed by atoms with E-state index < -0.39 is 18.1 Å². The van der Waals surface area contributed by atoms with E-state index in [-0.39, 0.29) is 24.0 Å². The molecule has 130 valence electrons. The van der Waals surface area contributed by atoms with Crippen molar-refractivity contribution < 1.29 is 19.1 Å². The average Bonchev–Trinajstić information content (AvgIpc) is 2.55. The minimum absolute atomic E-state index is 0.0206. The summed E-state index contributed by atoms with van der Waals surface area (Å²) in [6.07, 6.45) is 2.33. The van der Waals surface area contributed by atoms with Crippen molar-refractivity contribution in [3.05, 3.63) is 35.9 Å². The van der Waals surface area contributed by atoms with Crippen LogP contribution in [-0.2, 0) is 25.5 Å². The SMILES string of the molecule is CC(C)[C@H](NC(=O)Cc1ccccc1)C(=O)O[C@H]1CCCCC1=O. The Bertz CT molecular complexity index is 582. The van der Waals surface area contributed by atoms with Crippen molar-refractivity contribution in [1.29, 1.82) is 0 Å². The van der Waals surface area contributed by atoms with Gasteiger partial charge in [-0.2, -0.15) is 0 Å². The van der Waals surface area contributed by atoms with Crippen molar-refractivity contribution in [2.45, 2.75) is 58.1 Å². The second-order valence-electron chi connectivity index (χ2n) is 6.59. The van der Waals surface area contributed by atoms with Gasteiger partial charge in [-0.05, 0) is 30.7 Å². The lowest BCUT2D eigenvalue weighted by Crippen LogP contribution is -2.47. The van der Waals surface area contributed by atoms with Gasteiger partial charge in [0.1, 0.15) is 6.04 Å². The molecule has 24 heavy (non-hydrogen) atoms. The van der Waals surface area contributed by atoms with Crippen LogP contribution in [-0.4, -0.2) is 29.8 Å². The van der Waals surface area contributed by atoms with Gasteiger partial charge in [0, 0.05) is 6.42 Å². The van der Waals surface area contributed by atoms with Gasteiger partial charge in [-0.15, -0.1) is 0 Å². The molecule has 5 nitrogen and oxygen atoms in total. The van der Waals surface area contributed by atoms with E-state index in [0.717, 1.165) is 18.4 Å². The summed E-state index contributed by atoms with van der Waals surface area (Å²) in [6.45, 7) is 3.69. The number of rotatable bonds is 6. The number of esters is 1. The molecule has 5 heteroatoms. The minimum atomic E-state index is -0.740. The Kier molecular flexibility index (Phi) is 6.53. The van der Waals surface area contributed by atoms with Gasteiger partial charge >= 0.3 is 5.97 Å². The lowest BCUT2D eigenvalue weighted by molar-refractivity contribution is -0.160. The summed E-state index contributed by atoms with van der Waals surface area (Å²) in [6, 6.07) is 8.61. The molecule has 1 aromatic carbocycles. The number of ether oxygens (including phenoxy) is 1. The third kappa shape index (κ3) is 5.18. The van der Waals surface area contributed by atoms with Crippen LogP contribution >= 0.6 is 0 Å². The Morgan fingerprint density at radius 3 is 2.54 bits per heavy atom. The number of Topliss-reactive ketones (excluding diaryl/α,β-unsaturated/α-hetero) is 1. The fourth-order valence-electron chi connectivity index (χ4n) is 2.79. The Balaban J connectivity index is 1.94. The van der Waals surface area contributed by atoms with Gasteiger partial charge in [0.15, 0.2) is 11.9 Å². The van der Waals surface area contributed by atoms with E-state index in [4.69, 9.17) is 4.74 Å². The summed E-state index contributed by atoms with van der Waals surface area (Å²) in [7, 11) is 0. The Morgan fingerprint density at radius 2 is 1.92 bits per heavy atom. The van der Waals surface area contributed by atoms with Crippen molar-refractivity contribution in [3.8, 4) is 0 Å². The number of carbonyl (C=O) groups is 3. The predicted molar refractivity (Wildman–Crippen MR) is 90.3 cm³/mol. The highest BCUT2D eigenvalue weighted by molar-refractivity contribution is 5.89. The van der Waals surface area contributed by atoms with Crippen LogP contribution in [0.25, 0.3) is 0 Å². The maximum Gasteiger partial charge on any atom is 0.329 e. The van der Waals surface area contributed by atoms with Gasteiger partial charge in [-0.25, -0.2) is 4.79 Å². The van der Waals surface area contributed by atoms with Crippen LogP contribution < -0.4 is 5.32 Å². The smallest absolute Gasteiger partial charge is 0.329 e. The highest BCUT2D eigenvalue weighted by Crippen LogP contribution is 2.19. The molecule has 0 heterocycles. The number of hydrogen-bond donors (Lipinski definition) is 1. The summed E-state index contributed by atoms with van der Waals surface area (Å²) in [4.78, 5) is 36.4. The van der Waals surface area contributed by atoms with Gasteiger partial charge in [-0.1, -0.05) is 44.2 Å². The van der Waals surface area contributed by atoms with E-state index >= 15 is 0 Å². The standard InChI is InChI=1S/C19H25NO4/c1-13(2)18(19(23)24-16-11-7-6-10-15(16)21)20-17(22)12-14-8-4-3-5-9-14/h3-5,8-9,13,16,18H,6-7,10-12H2,1-2H3,(H,20,22)/t16-,18-/m0/s1. The van der Waals surface area contributed by atoms with Gasteiger partial charge in [0.25, 0.3) is 0 Å². The van der Waals surface area contributed by atoms with Gasteiger partial charge in [-0.3, -0.25) is 9.59 Å². The van der Waals surface area contributed by atoms with Crippen LogP contribution in [0.4, 0.5) is 0 Å². The summed E-state index contributed by atoms with van der Waals surface area (Å²) >= 11 is 0. The molecule has 1 aliphatic rings. The Labute approximate surface area is 142 Å². The topological polar surface area (TPSA) is 72.5 Å². The van der Waals surface area contributed by atoms with E-state index in [1.165, 1.54) is 0 Å². The summed E-state index contributed by atoms with van der Waals surface area (Å²) in [5, 5.41) is 2.74. The third-order valence-corrected chi connectivity index (χ3v) is 4.20. The normalized spacial score (nSPS) is 19.0. The molecule has 0 aromatic heterocycles. The van der Waals surface area contributed by atoms with Crippen LogP contribution in [0.1, 0.15) is 45.1 Å². The van der Waals surface area contributed by atoms with Crippen molar-refractivity contribution >= 4 is 17.7 Å². The zero-order valence-corrected chi connectivity index (χ0v) is 14.3. The van der Waals surface area contributed by atoms with Crippen LogP contribution in [0.3, 0.4) is 0 Å². The van der Waals surface area contributed by atoms with E-state index in [1.54, 1.807) is 0 Å². The second-order valence-corrected chi connectivity index (χ2v) is 6.59. The lowest BCUT2D eigenvalue weighted by atomic mass is 9.96. The first kappa shape index (κ1) is 18.2. The Hall–Kier alpha value is -2.17. The average molecular weight is 331 g/mol. The first-order valence-corrected chi connectivity index (χ1v) is 8.54. The van der Waals surface area contributed by atoms with Gasteiger partial charge < -0.3 is 10.1 Å². The lowest BCUT2D eigenvalue weighted by Gasteiger charge is -2.26. The summed E-state index contributed by atoms with van der Waals surface area (Å²) in [5.74, 6) is -0.887. The molecular formula is C19H25NO4. The summed E-state index contributed by atoms with van der Waals surface area (Å²) < 4.78 is 5.37. The molecule has 1 amide bonds. The third-order valence-electron chi connectivity index (χ3n) is 4.20. The number of hydrogen-bond acceptors (Lipinski definition) is 4. The van der Waals surface area contributed by atoms with Crippen molar-refractivity contribution in [3.63, 3.8) is 0 Å². The van der Waals surface area contributed by atoms with Crippen LogP contribution in [0, 0.1) is 5.92 Å². The van der Waals surface area contributed by atoms with Gasteiger partial charge in [0.05, 0.1) is 6.42 Å².